The van der Waals surface area contributed by atoms with Gasteiger partial charge < -0.3 is 28.7 Å². The van der Waals surface area contributed by atoms with Gasteiger partial charge in [0, 0.05) is 33.4 Å². The van der Waals surface area contributed by atoms with Crippen molar-refractivity contribution in [2.45, 2.75) is 174 Å². The summed E-state index contributed by atoms with van der Waals surface area (Å²) in [5, 5.41) is 27.1. The molecular formula is C50H80CdN8O6P2. The van der Waals surface area contributed by atoms with Crippen molar-refractivity contribution >= 4 is 25.8 Å². The zero-order valence-electron chi connectivity index (χ0n) is 44.0. The summed E-state index contributed by atoms with van der Waals surface area (Å²) in [5.74, 6) is 0.880. The molecule has 2 unspecified atom stereocenters. The molecule has 2 aromatic carbocycles. The van der Waals surface area contributed by atoms with Crippen molar-refractivity contribution in [2.24, 2.45) is 0 Å². The van der Waals surface area contributed by atoms with Gasteiger partial charge in [-0.3, -0.25) is 20.4 Å². The number of hydrogen-bond donors (Lipinski definition) is 6. The Morgan fingerprint density at radius 3 is 0.642 bits per heavy atom. The molecule has 0 aliphatic rings. The maximum Gasteiger partial charge on any atom is 2.00 e. The van der Waals surface area contributed by atoms with Crippen LogP contribution in [0.2, 0.25) is 0 Å². The van der Waals surface area contributed by atoms with Crippen LogP contribution in [0.4, 0.5) is 0 Å². The number of aromatic nitrogens is 8. The summed E-state index contributed by atoms with van der Waals surface area (Å²) >= 11 is 0. The van der Waals surface area contributed by atoms with E-state index in [1.54, 1.807) is 0 Å². The van der Waals surface area contributed by atoms with Crippen LogP contribution in [0.25, 0.3) is 0 Å². The van der Waals surface area contributed by atoms with Crippen LogP contribution in [-0.2, 0) is 36.4 Å². The summed E-state index contributed by atoms with van der Waals surface area (Å²) in [4.78, 5) is 42.7. The van der Waals surface area contributed by atoms with E-state index in [-0.39, 0.29) is 61.6 Å². The fraction of sp³-hybridized carbons (Fsp3) is 0.520. The zero-order chi connectivity index (χ0) is 51.0. The Balaban J connectivity index is 0.000000830. The minimum absolute atomic E-state index is 0. The van der Waals surface area contributed by atoms with E-state index in [1.807, 2.05) is 159 Å². The van der Waals surface area contributed by atoms with Gasteiger partial charge in [0.15, 0.2) is 15.2 Å². The van der Waals surface area contributed by atoms with Crippen LogP contribution >= 0.6 is 15.2 Å². The van der Waals surface area contributed by atoms with E-state index in [2.05, 4.69) is 68.5 Å². The fourth-order valence-electron chi connectivity index (χ4n) is 6.70. The molecule has 0 amide bonds. The van der Waals surface area contributed by atoms with E-state index >= 15 is 0 Å². The topological polar surface area (TPSA) is 235 Å². The van der Waals surface area contributed by atoms with Gasteiger partial charge in [0.2, 0.25) is 0 Å². The summed E-state index contributed by atoms with van der Waals surface area (Å²) in [7, 11) is -9.00. The number of hydrogen-bond acceptors (Lipinski definition) is 8. The summed E-state index contributed by atoms with van der Waals surface area (Å²) in [6, 6.07) is 15.7. The Labute approximate surface area is 421 Å². The minimum Gasteiger partial charge on any atom is -0.775 e. The van der Waals surface area contributed by atoms with E-state index in [1.165, 1.54) is 0 Å². The van der Waals surface area contributed by atoms with Crippen LogP contribution in [-0.4, -0.2) is 50.6 Å². The molecule has 0 aliphatic carbocycles. The van der Waals surface area contributed by atoms with Gasteiger partial charge in [-0.25, -0.2) is 0 Å². The first-order valence-corrected chi connectivity index (χ1v) is 25.8. The number of aromatic amines is 4. The molecule has 67 heavy (non-hydrogen) atoms. The average Bonchev–Trinajstić information content (AvgIpc) is 3.99. The molecule has 6 N–H and O–H groups in total. The molecule has 4 heterocycles. The van der Waals surface area contributed by atoms with Gasteiger partial charge in [-0.1, -0.05) is 107 Å². The molecule has 14 nitrogen and oxygen atoms in total. The molecular weight excluding hydrogens is 983 g/mol. The van der Waals surface area contributed by atoms with Crippen molar-refractivity contribution < 1.29 is 56.0 Å². The SMILES string of the molecule is CC(C)c1cc(C(C)C)c(P(=O)([O-])O)c(C(C)C)c1.CC(C)c1cc(C(C)C)c(P(=O)([O-])O)c(C(C)C)c1.Cc1cc(C)[nH]n1.Cc1cc(C)[nH]n1.Cc1cc(C)[nH]n1.Cc1cc(C)[nH]n1.[Cd+2]. The smallest absolute Gasteiger partial charge is 0.775 e. The quantitative estimate of drug-likeness (QED) is 0.0623. The fourth-order valence-corrected chi connectivity index (χ4v) is 9.30. The molecule has 0 bridgehead atoms. The molecule has 6 aromatic rings. The Bertz CT molecular complexity index is 2100. The van der Waals surface area contributed by atoms with Crippen LogP contribution in [0, 0.1) is 55.4 Å². The van der Waals surface area contributed by atoms with Crippen molar-refractivity contribution in [3.05, 3.63) is 127 Å². The third kappa shape index (κ3) is 22.7. The van der Waals surface area contributed by atoms with Gasteiger partial charge >= 0.3 is 27.3 Å². The van der Waals surface area contributed by atoms with Crippen LogP contribution in [0.5, 0.6) is 0 Å². The number of nitrogens with one attached hydrogen (secondary N) is 4. The molecule has 0 saturated carbocycles. The van der Waals surface area contributed by atoms with Gasteiger partial charge in [0.05, 0.1) is 22.8 Å². The van der Waals surface area contributed by atoms with Crippen molar-refractivity contribution in [3.63, 3.8) is 0 Å². The zero-order valence-corrected chi connectivity index (χ0v) is 49.8. The first-order chi connectivity index (χ1) is 30.3. The third-order valence-electron chi connectivity index (χ3n) is 10.1. The number of nitrogens with zero attached hydrogens (tertiary/aromatic N) is 4. The molecule has 368 valence electrons. The maximum absolute atomic E-state index is 11.7. The molecule has 6 rings (SSSR count). The Morgan fingerprint density at radius 1 is 0.388 bits per heavy atom. The number of H-pyrrole nitrogens is 4. The Kier molecular flexibility index (Phi) is 27.4. The normalized spacial score (nSPS) is 12.6. The van der Waals surface area contributed by atoms with E-state index in [0.717, 1.165) is 78.9 Å². The molecule has 4 aromatic heterocycles. The van der Waals surface area contributed by atoms with Crippen molar-refractivity contribution in [1.82, 2.24) is 40.8 Å². The Hall–Kier alpha value is -3.50. The largest absolute Gasteiger partial charge is 2.00 e. The minimum atomic E-state index is -4.50. The van der Waals surface area contributed by atoms with Crippen LogP contribution in [0.15, 0.2) is 48.5 Å². The predicted molar refractivity (Wildman–Crippen MR) is 269 cm³/mol. The molecule has 0 radical (unpaired) electrons. The molecule has 0 saturated heterocycles. The number of rotatable bonds is 8. The average molecular weight is 1060 g/mol. The number of benzene rings is 2. The van der Waals surface area contributed by atoms with E-state index in [9.17, 15) is 28.7 Å². The summed E-state index contributed by atoms with van der Waals surface area (Å²) in [6.07, 6.45) is 0. The summed E-state index contributed by atoms with van der Waals surface area (Å²) < 4.78 is 23.5. The van der Waals surface area contributed by atoms with Gasteiger partial charge in [0.1, 0.15) is 0 Å². The second-order valence-electron chi connectivity index (χ2n) is 18.8. The van der Waals surface area contributed by atoms with Crippen LogP contribution in [0.1, 0.15) is 198 Å². The molecule has 17 heteroatoms. The van der Waals surface area contributed by atoms with E-state index in [4.69, 9.17) is 0 Å². The molecule has 0 spiro atoms. The van der Waals surface area contributed by atoms with Gasteiger partial charge in [-0.15, -0.1) is 0 Å². The standard InChI is InChI=1S/2C15H25O3P.4C5H8N2.Cd/c2*1-9(2)12-7-13(10(3)4)15(19(16,17)18)14(8-12)11(5)6;4*1-4-3-5(2)7-6-4;/h2*7-11H,1-6H3,(H2,16,17,18);4*3H,1-2H3,(H,6,7);/q;;;;;;+2/p-2. The molecule has 2 atom stereocenters. The van der Waals surface area contributed by atoms with E-state index in [0.29, 0.717) is 11.8 Å². The number of aryl methyl sites for hydroxylation is 8. The summed E-state index contributed by atoms with van der Waals surface area (Å²) in [5.41, 5.74) is 13.8. The van der Waals surface area contributed by atoms with Crippen LogP contribution < -0.4 is 20.4 Å². The van der Waals surface area contributed by atoms with Crippen molar-refractivity contribution in [3.8, 4) is 0 Å². The van der Waals surface area contributed by atoms with Gasteiger partial charge in [-0.2, -0.15) is 20.4 Å². The maximum atomic E-state index is 11.7. The second kappa shape index (κ2) is 28.9. The predicted octanol–water partition coefficient (Wildman–Crippen LogP) is 10.6. The molecule has 0 aliphatic heterocycles. The van der Waals surface area contributed by atoms with Crippen molar-refractivity contribution in [2.75, 3.05) is 0 Å². The van der Waals surface area contributed by atoms with Crippen molar-refractivity contribution in [1.29, 1.82) is 0 Å². The Morgan fingerprint density at radius 2 is 0.567 bits per heavy atom. The third-order valence-corrected chi connectivity index (χ3v) is 12.3. The first kappa shape index (κ1) is 63.5. The monoisotopic (exact) mass is 1060 g/mol. The van der Waals surface area contributed by atoms with Crippen LogP contribution in [0.3, 0.4) is 0 Å². The first-order valence-electron chi connectivity index (χ1n) is 22.6. The summed E-state index contributed by atoms with van der Waals surface area (Å²) in [6.45, 7) is 39.7. The second-order valence-corrected chi connectivity index (χ2v) is 21.8. The molecule has 0 fully saturated rings. The van der Waals surface area contributed by atoms with Gasteiger partial charge in [-0.05, 0) is 149 Å². The van der Waals surface area contributed by atoms with E-state index < -0.39 is 15.2 Å². The van der Waals surface area contributed by atoms with Gasteiger partial charge in [0.25, 0.3) is 0 Å².